The largest absolute Gasteiger partial charge is 0.368 e. The Morgan fingerprint density at radius 1 is 1.10 bits per heavy atom. The topological polar surface area (TPSA) is 67.9 Å². The van der Waals surface area contributed by atoms with Crippen LogP contribution in [0.1, 0.15) is 18.4 Å². The first-order chi connectivity index (χ1) is 15.0. The highest BCUT2D eigenvalue weighted by Gasteiger charge is 2.45. The number of amides is 2. The molecular formula is C24H27FN2O4. The normalized spacial score (nSPS) is 23.5. The molecule has 0 radical (unpaired) electrons. The summed E-state index contributed by atoms with van der Waals surface area (Å²) in [4.78, 5) is 27.4. The van der Waals surface area contributed by atoms with E-state index >= 15 is 0 Å². The minimum Gasteiger partial charge on any atom is -0.368 e. The molecule has 7 heteroatoms. The van der Waals surface area contributed by atoms with E-state index in [1.807, 2.05) is 24.3 Å². The lowest BCUT2D eigenvalue weighted by Gasteiger charge is -2.42. The first-order valence-electron chi connectivity index (χ1n) is 10.6. The van der Waals surface area contributed by atoms with Crippen molar-refractivity contribution in [2.75, 3.05) is 33.4 Å². The molecule has 2 amide bonds. The number of hydrogen-bond acceptors (Lipinski definition) is 4. The van der Waals surface area contributed by atoms with Crippen LogP contribution < -0.4 is 5.32 Å². The van der Waals surface area contributed by atoms with Gasteiger partial charge < -0.3 is 19.7 Å². The average Bonchev–Trinajstić information content (AvgIpc) is 3.34. The molecule has 31 heavy (non-hydrogen) atoms. The molecule has 0 saturated carbocycles. The Morgan fingerprint density at radius 3 is 2.39 bits per heavy atom. The van der Waals surface area contributed by atoms with Gasteiger partial charge in [0.05, 0.1) is 13.2 Å². The van der Waals surface area contributed by atoms with E-state index in [-0.39, 0.29) is 24.2 Å². The molecule has 0 bridgehead atoms. The zero-order valence-electron chi connectivity index (χ0n) is 17.6. The van der Waals surface area contributed by atoms with Gasteiger partial charge in [0.1, 0.15) is 11.9 Å². The maximum Gasteiger partial charge on any atom is 0.254 e. The SMILES string of the molecule is CNC(=O)[C@]1(Cc2ccc(-c3ccc(F)cc3)cc2)CN(C(=O)[C@H]2CCCO2)CCO1. The third kappa shape index (κ3) is 4.62. The van der Waals surface area contributed by atoms with Gasteiger partial charge in [-0.2, -0.15) is 0 Å². The first kappa shape index (κ1) is 21.5. The molecule has 1 N–H and O–H groups in total. The fraction of sp³-hybridized carbons (Fsp3) is 0.417. The summed E-state index contributed by atoms with van der Waals surface area (Å²) in [5, 5.41) is 2.70. The summed E-state index contributed by atoms with van der Waals surface area (Å²) in [6.45, 7) is 1.52. The number of likely N-dealkylation sites (N-methyl/N-ethyl adjacent to an activating group) is 1. The highest BCUT2D eigenvalue weighted by molar-refractivity contribution is 5.88. The third-order valence-electron chi connectivity index (χ3n) is 5.96. The summed E-state index contributed by atoms with van der Waals surface area (Å²) in [7, 11) is 1.58. The van der Waals surface area contributed by atoms with Crippen molar-refractivity contribution in [2.45, 2.75) is 31.0 Å². The van der Waals surface area contributed by atoms with Crippen LogP contribution in [-0.4, -0.2) is 61.8 Å². The summed E-state index contributed by atoms with van der Waals surface area (Å²) >= 11 is 0. The highest BCUT2D eigenvalue weighted by atomic mass is 19.1. The van der Waals surface area contributed by atoms with Crippen molar-refractivity contribution < 1.29 is 23.5 Å². The van der Waals surface area contributed by atoms with Crippen molar-refractivity contribution >= 4 is 11.8 Å². The van der Waals surface area contributed by atoms with E-state index in [4.69, 9.17) is 9.47 Å². The van der Waals surface area contributed by atoms with Gasteiger partial charge in [-0.1, -0.05) is 36.4 Å². The highest BCUT2D eigenvalue weighted by Crippen LogP contribution is 2.27. The second kappa shape index (κ2) is 9.16. The first-order valence-corrected chi connectivity index (χ1v) is 10.6. The molecule has 164 valence electrons. The molecule has 0 aromatic heterocycles. The number of morpholine rings is 1. The van der Waals surface area contributed by atoms with Crippen molar-refractivity contribution in [3.8, 4) is 11.1 Å². The van der Waals surface area contributed by atoms with Gasteiger partial charge in [0.15, 0.2) is 5.60 Å². The van der Waals surface area contributed by atoms with Gasteiger partial charge in [0, 0.05) is 26.6 Å². The number of halogens is 1. The second-order valence-corrected chi connectivity index (χ2v) is 8.06. The molecule has 2 aromatic carbocycles. The fourth-order valence-electron chi connectivity index (χ4n) is 4.29. The molecule has 2 aromatic rings. The Morgan fingerprint density at radius 2 is 1.77 bits per heavy atom. The van der Waals surface area contributed by atoms with Gasteiger partial charge >= 0.3 is 0 Å². The van der Waals surface area contributed by atoms with Crippen LogP contribution in [0.25, 0.3) is 11.1 Å². The Balaban J connectivity index is 1.53. The third-order valence-corrected chi connectivity index (χ3v) is 5.96. The van der Waals surface area contributed by atoms with Gasteiger partial charge in [-0.3, -0.25) is 9.59 Å². The van der Waals surface area contributed by atoms with E-state index in [1.165, 1.54) is 12.1 Å². The van der Waals surface area contributed by atoms with Crippen LogP contribution in [0.4, 0.5) is 4.39 Å². The monoisotopic (exact) mass is 426 g/mol. The number of carbonyl (C=O) groups excluding carboxylic acids is 2. The smallest absolute Gasteiger partial charge is 0.254 e. The van der Waals surface area contributed by atoms with Crippen LogP contribution >= 0.6 is 0 Å². The van der Waals surface area contributed by atoms with E-state index in [9.17, 15) is 14.0 Å². The summed E-state index contributed by atoms with van der Waals surface area (Å²) in [5.74, 6) is -0.592. The molecule has 6 nitrogen and oxygen atoms in total. The molecule has 0 spiro atoms. The Labute approximate surface area is 181 Å². The van der Waals surface area contributed by atoms with Crippen LogP contribution in [0.3, 0.4) is 0 Å². The zero-order chi connectivity index (χ0) is 21.8. The van der Waals surface area contributed by atoms with Gasteiger partial charge in [-0.25, -0.2) is 4.39 Å². The lowest BCUT2D eigenvalue weighted by molar-refractivity contribution is -0.169. The Kier molecular flexibility index (Phi) is 6.34. The number of hydrogen-bond donors (Lipinski definition) is 1. The van der Waals surface area contributed by atoms with E-state index in [0.29, 0.717) is 32.6 Å². The number of nitrogens with one attached hydrogen (secondary N) is 1. The number of nitrogens with zero attached hydrogens (tertiary/aromatic N) is 1. The van der Waals surface area contributed by atoms with Crippen LogP contribution in [-0.2, 0) is 25.5 Å². The molecule has 2 atom stereocenters. The predicted octanol–water partition coefficient (Wildman–Crippen LogP) is 2.56. The lowest BCUT2D eigenvalue weighted by atomic mass is 9.90. The van der Waals surface area contributed by atoms with Crippen molar-refractivity contribution in [3.05, 3.63) is 59.9 Å². The molecule has 2 aliphatic heterocycles. The summed E-state index contributed by atoms with van der Waals surface area (Å²) < 4.78 is 24.7. The fourth-order valence-corrected chi connectivity index (χ4v) is 4.29. The lowest BCUT2D eigenvalue weighted by Crippen LogP contribution is -2.62. The molecule has 2 heterocycles. The summed E-state index contributed by atoms with van der Waals surface area (Å²) in [6, 6.07) is 14.1. The predicted molar refractivity (Wildman–Crippen MR) is 114 cm³/mol. The van der Waals surface area contributed by atoms with E-state index in [1.54, 1.807) is 24.1 Å². The number of ether oxygens (including phenoxy) is 2. The van der Waals surface area contributed by atoms with Crippen LogP contribution in [0.5, 0.6) is 0 Å². The quantitative estimate of drug-likeness (QED) is 0.798. The molecule has 2 saturated heterocycles. The molecule has 2 fully saturated rings. The van der Waals surface area contributed by atoms with Crippen molar-refractivity contribution in [3.63, 3.8) is 0 Å². The van der Waals surface area contributed by atoms with Crippen LogP contribution in [0.2, 0.25) is 0 Å². The van der Waals surface area contributed by atoms with Crippen LogP contribution in [0, 0.1) is 5.82 Å². The van der Waals surface area contributed by atoms with Gasteiger partial charge in [0.25, 0.3) is 11.8 Å². The van der Waals surface area contributed by atoms with Gasteiger partial charge in [-0.05, 0) is 41.7 Å². The Hall–Kier alpha value is -2.77. The van der Waals surface area contributed by atoms with E-state index in [0.717, 1.165) is 23.1 Å². The molecular weight excluding hydrogens is 399 g/mol. The summed E-state index contributed by atoms with van der Waals surface area (Å²) in [6.07, 6.45) is 1.51. The van der Waals surface area contributed by atoms with Crippen molar-refractivity contribution in [1.82, 2.24) is 10.2 Å². The van der Waals surface area contributed by atoms with Gasteiger partial charge in [0.2, 0.25) is 0 Å². The number of rotatable bonds is 5. The molecule has 4 rings (SSSR count). The maximum absolute atomic E-state index is 13.2. The van der Waals surface area contributed by atoms with E-state index in [2.05, 4.69) is 5.32 Å². The minimum atomic E-state index is -1.15. The average molecular weight is 426 g/mol. The molecule has 0 aliphatic carbocycles. The van der Waals surface area contributed by atoms with Crippen molar-refractivity contribution in [1.29, 1.82) is 0 Å². The van der Waals surface area contributed by atoms with Crippen molar-refractivity contribution in [2.24, 2.45) is 0 Å². The standard InChI is InChI=1S/C24H27FN2O4/c1-26-23(29)24(16-27(12-14-31-24)22(28)21-3-2-13-30-21)15-17-4-6-18(7-5-17)19-8-10-20(25)11-9-19/h4-11,21H,2-3,12-16H2,1H3,(H,26,29)/t21-,24+/m1/s1. The zero-order valence-corrected chi connectivity index (χ0v) is 17.6. The minimum absolute atomic E-state index is 0.0688. The second-order valence-electron chi connectivity index (χ2n) is 8.06. The summed E-state index contributed by atoms with van der Waals surface area (Å²) in [5.41, 5.74) is 1.63. The van der Waals surface area contributed by atoms with Crippen LogP contribution in [0.15, 0.2) is 48.5 Å². The number of carbonyl (C=O) groups is 2. The van der Waals surface area contributed by atoms with E-state index < -0.39 is 11.7 Å². The Bertz CT molecular complexity index is 926. The van der Waals surface area contributed by atoms with Gasteiger partial charge in [-0.15, -0.1) is 0 Å². The number of benzene rings is 2. The maximum atomic E-state index is 13.2. The molecule has 2 aliphatic rings. The molecule has 0 unspecified atom stereocenters.